The van der Waals surface area contributed by atoms with Crippen molar-refractivity contribution < 1.29 is 4.42 Å². The van der Waals surface area contributed by atoms with Crippen LogP contribution in [0.2, 0.25) is 0 Å². The average Bonchev–Trinajstić information content (AvgIpc) is 2.98. The van der Waals surface area contributed by atoms with Crippen molar-refractivity contribution in [1.82, 2.24) is 0 Å². The molecular formula is C13H10OS2. The quantitative estimate of drug-likeness (QED) is 0.617. The van der Waals surface area contributed by atoms with E-state index in [-0.39, 0.29) is 0 Å². The van der Waals surface area contributed by atoms with Gasteiger partial charge in [-0.2, -0.15) is 0 Å². The molecule has 0 spiro atoms. The second-order valence-electron chi connectivity index (χ2n) is 3.55. The van der Waals surface area contributed by atoms with Crippen molar-refractivity contribution in [1.29, 1.82) is 0 Å². The van der Waals surface area contributed by atoms with E-state index in [1.54, 1.807) is 22.7 Å². The van der Waals surface area contributed by atoms with Crippen LogP contribution in [0, 0.1) is 6.92 Å². The van der Waals surface area contributed by atoms with Gasteiger partial charge in [-0.15, -0.1) is 22.7 Å². The van der Waals surface area contributed by atoms with E-state index in [4.69, 9.17) is 4.42 Å². The van der Waals surface area contributed by atoms with Gasteiger partial charge in [-0.05, 0) is 35.9 Å². The third kappa shape index (κ3) is 1.62. The van der Waals surface area contributed by atoms with Crippen molar-refractivity contribution >= 4 is 22.7 Å². The highest BCUT2D eigenvalue weighted by atomic mass is 32.1. The maximum absolute atomic E-state index is 5.80. The SMILES string of the molecule is Cc1cc(-c2cccs2)c(-c2cccs2)o1. The fourth-order valence-corrected chi connectivity index (χ4v) is 3.18. The first-order chi connectivity index (χ1) is 7.84. The highest BCUT2D eigenvalue weighted by Gasteiger charge is 2.14. The standard InChI is InChI=1S/C13H10OS2/c1-9-8-10(11-4-2-6-15-11)13(14-9)12-5-3-7-16-12/h2-8H,1H3. The lowest BCUT2D eigenvalue weighted by Gasteiger charge is -1.96. The molecule has 0 unspecified atom stereocenters. The molecule has 0 saturated heterocycles. The summed E-state index contributed by atoms with van der Waals surface area (Å²) in [5.74, 6) is 1.96. The molecule has 0 aliphatic heterocycles. The summed E-state index contributed by atoms with van der Waals surface area (Å²) in [5.41, 5.74) is 1.20. The smallest absolute Gasteiger partial charge is 0.152 e. The zero-order valence-corrected chi connectivity index (χ0v) is 10.4. The first-order valence-electron chi connectivity index (χ1n) is 5.03. The Balaban J connectivity index is 2.19. The summed E-state index contributed by atoms with van der Waals surface area (Å²) in [7, 11) is 0. The van der Waals surface area contributed by atoms with Gasteiger partial charge in [0, 0.05) is 10.4 Å². The summed E-state index contributed by atoms with van der Waals surface area (Å²) < 4.78 is 5.80. The Hall–Kier alpha value is -1.32. The Labute approximate surface area is 102 Å². The summed E-state index contributed by atoms with van der Waals surface area (Å²) in [6.07, 6.45) is 0. The van der Waals surface area contributed by atoms with E-state index in [0.717, 1.165) is 11.5 Å². The van der Waals surface area contributed by atoms with Gasteiger partial charge in [0.25, 0.3) is 0 Å². The third-order valence-corrected chi connectivity index (χ3v) is 4.16. The van der Waals surface area contributed by atoms with Crippen LogP contribution in [0.25, 0.3) is 21.1 Å². The van der Waals surface area contributed by atoms with E-state index < -0.39 is 0 Å². The number of rotatable bonds is 2. The molecule has 16 heavy (non-hydrogen) atoms. The van der Waals surface area contributed by atoms with Crippen molar-refractivity contribution in [3.63, 3.8) is 0 Å². The van der Waals surface area contributed by atoms with E-state index in [2.05, 4.69) is 41.1 Å². The van der Waals surface area contributed by atoms with Gasteiger partial charge in [0.15, 0.2) is 5.76 Å². The molecule has 80 valence electrons. The Morgan fingerprint density at radius 3 is 2.31 bits per heavy atom. The van der Waals surface area contributed by atoms with Crippen LogP contribution in [0.4, 0.5) is 0 Å². The summed E-state index contributed by atoms with van der Waals surface area (Å²) >= 11 is 3.46. The molecule has 0 aliphatic rings. The van der Waals surface area contributed by atoms with Gasteiger partial charge in [0.1, 0.15) is 5.76 Å². The predicted molar refractivity (Wildman–Crippen MR) is 70.1 cm³/mol. The monoisotopic (exact) mass is 246 g/mol. The van der Waals surface area contributed by atoms with Crippen LogP contribution in [0.15, 0.2) is 45.5 Å². The minimum Gasteiger partial charge on any atom is -0.460 e. The van der Waals surface area contributed by atoms with E-state index in [1.807, 2.05) is 6.92 Å². The summed E-state index contributed by atoms with van der Waals surface area (Å²) in [5, 5.41) is 4.17. The fourth-order valence-electron chi connectivity index (χ4n) is 1.72. The molecule has 3 heteroatoms. The molecule has 0 radical (unpaired) electrons. The van der Waals surface area contributed by atoms with E-state index >= 15 is 0 Å². The summed E-state index contributed by atoms with van der Waals surface area (Å²) in [6.45, 7) is 1.99. The number of thiophene rings is 2. The zero-order valence-electron chi connectivity index (χ0n) is 8.77. The maximum atomic E-state index is 5.80. The van der Waals surface area contributed by atoms with Gasteiger partial charge in [-0.25, -0.2) is 0 Å². The number of hydrogen-bond donors (Lipinski definition) is 0. The van der Waals surface area contributed by atoms with Gasteiger partial charge in [-0.1, -0.05) is 12.1 Å². The van der Waals surface area contributed by atoms with Gasteiger partial charge in [-0.3, -0.25) is 0 Å². The fraction of sp³-hybridized carbons (Fsp3) is 0.0769. The first kappa shape index (κ1) is 9.87. The molecule has 1 nitrogen and oxygen atoms in total. The van der Waals surface area contributed by atoms with Crippen molar-refractivity contribution in [3.05, 3.63) is 46.9 Å². The van der Waals surface area contributed by atoms with Gasteiger partial charge < -0.3 is 4.42 Å². The summed E-state index contributed by atoms with van der Waals surface area (Å²) in [4.78, 5) is 2.46. The van der Waals surface area contributed by atoms with Crippen LogP contribution in [0.3, 0.4) is 0 Å². The van der Waals surface area contributed by atoms with Crippen LogP contribution < -0.4 is 0 Å². The first-order valence-corrected chi connectivity index (χ1v) is 6.79. The molecule has 3 aromatic heterocycles. The maximum Gasteiger partial charge on any atom is 0.152 e. The third-order valence-electron chi connectivity index (χ3n) is 2.39. The van der Waals surface area contributed by atoms with Crippen molar-refractivity contribution in [2.24, 2.45) is 0 Å². The highest BCUT2D eigenvalue weighted by molar-refractivity contribution is 7.14. The van der Waals surface area contributed by atoms with Gasteiger partial charge >= 0.3 is 0 Å². The van der Waals surface area contributed by atoms with Crippen LogP contribution in [0.5, 0.6) is 0 Å². The van der Waals surface area contributed by atoms with E-state index in [0.29, 0.717) is 0 Å². The van der Waals surface area contributed by atoms with E-state index in [1.165, 1.54) is 15.3 Å². The Kier molecular flexibility index (Phi) is 2.42. The number of aryl methyl sites for hydroxylation is 1. The Bertz CT molecular complexity index is 522. The molecular weight excluding hydrogens is 236 g/mol. The minimum absolute atomic E-state index is 0.965. The summed E-state index contributed by atoms with van der Waals surface area (Å²) in [6, 6.07) is 10.5. The lowest BCUT2D eigenvalue weighted by Crippen LogP contribution is -1.71. The molecule has 0 amide bonds. The largest absolute Gasteiger partial charge is 0.460 e. The lowest BCUT2D eigenvalue weighted by molar-refractivity contribution is 0.550. The van der Waals surface area contributed by atoms with Crippen LogP contribution in [-0.4, -0.2) is 0 Å². The minimum atomic E-state index is 0.965. The second-order valence-corrected chi connectivity index (χ2v) is 5.45. The Morgan fingerprint density at radius 1 is 1.00 bits per heavy atom. The van der Waals surface area contributed by atoms with Crippen molar-refractivity contribution in [3.8, 4) is 21.1 Å². The molecule has 0 atom stereocenters. The molecule has 0 saturated carbocycles. The zero-order chi connectivity index (χ0) is 11.0. The van der Waals surface area contributed by atoms with E-state index in [9.17, 15) is 0 Å². The molecule has 0 aliphatic carbocycles. The molecule has 3 aromatic rings. The molecule has 3 heterocycles. The predicted octanol–water partition coefficient (Wildman–Crippen LogP) is 5.05. The highest BCUT2D eigenvalue weighted by Crippen LogP contribution is 2.38. The molecule has 0 aromatic carbocycles. The number of hydrogen-bond acceptors (Lipinski definition) is 3. The van der Waals surface area contributed by atoms with Crippen LogP contribution >= 0.6 is 22.7 Å². The van der Waals surface area contributed by atoms with Gasteiger partial charge in [0.05, 0.1) is 4.88 Å². The topological polar surface area (TPSA) is 13.1 Å². The van der Waals surface area contributed by atoms with Crippen molar-refractivity contribution in [2.45, 2.75) is 6.92 Å². The van der Waals surface area contributed by atoms with Gasteiger partial charge in [0.2, 0.25) is 0 Å². The Morgan fingerprint density at radius 2 is 1.69 bits per heavy atom. The van der Waals surface area contributed by atoms with Crippen LogP contribution in [0.1, 0.15) is 5.76 Å². The average molecular weight is 246 g/mol. The number of furan rings is 1. The molecule has 0 bridgehead atoms. The normalized spacial score (nSPS) is 10.8. The molecule has 0 N–H and O–H groups in total. The second kappa shape index (κ2) is 3.92. The molecule has 3 rings (SSSR count). The van der Waals surface area contributed by atoms with Crippen LogP contribution in [-0.2, 0) is 0 Å². The molecule has 0 fully saturated rings. The van der Waals surface area contributed by atoms with Crippen molar-refractivity contribution in [2.75, 3.05) is 0 Å². The lowest BCUT2D eigenvalue weighted by atomic mass is 10.2.